The summed E-state index contributed by atoms with van der Waals surface area (Å²) >= 11 is 0. The molecule has 4 atom stereocenters. The van der Waals surface area contributed by atoms with Crippen LogP contribution in [0.3, 0.4) is 0 Å². The van der Waals surface area contributed by atoms with Crippen LogP contribution in [0.4, 0.5) is 0 Å². The SMILES string of the molecule is C[Si](C)(C1=CC2C(=C1)C1CCC2C1)C1=c2ccccc2=C2C=CC=CC21. The van der Waals surface area contributed by atoms with Gasteiger partial charge in [0.15, 0.2) is 0 Å². The standard InChI is InChI=1S/C25H26Si/c1-26(2,18-14-23-16-11-12-17(13-16)24(23)15-18)25-21-9-5-3-7-19(21)20-8-4-6-10-22(20)25/h3-10,14-17,21,23H,11-13H2,1-2H3. The average molecular weight is 355 g/mol. The Morgan fingerprint density at radius 1 is 1.00 bits per heavy atom. The first-order valence-electron chi connectivity index (χ1n) is 10.3. The largest absolute Gasteiger partial charge is 0.109 e. The number of hydrogen-bond acceptors (Lipinski definition) is 0. The minimum absolute atomic E-state index is 0.496. The van der Waals surface area contributed by atoms with Crippen LogP contribution >= 0.6 is 0 Å². The van der Waals surface area contributed by atoms with Crippen LogP contribution in [0.25, 0.3) is 10.8 Å². The Morgan fingerprint density at radius 2 is 1.85 bits per heavy atom. The Bertz CT molecular complexity index is 1060. The Balaban J connectivity index is 1.54. The summed E-state index contributed by atoms with van der Waals surface area (Å²) < 4.78 is 0. The van der Waals surface area contributed by atoms with Crippen molar-refractivity contribution < 1.29 is 0 Å². The van der Waals surface area contributed by atoms with Crippen molar-refractivity contribution in [3.8, 4) is 0 Å². The Kier molecular flexibility index (Phi) is 2.99. The predicted octanol–water partition coefficient (Wildman–Crippen LogP) is 4.44. The van der Waals surface area contributed by atoms with Crippen molar-refractivity contribution in [2.45, 2.75) is 32.4 Å². The van der Waals surface area contributed by atoms with Crippen molar-refractivity contribution in [2.75, 3.05) is 0 Å². The number of hydrogen-bond donors (Lipinski definition) is 0. The van der Waals surface area contributed by atoms with Crippen LogP contribution in [0, 0.1) is 23.7 Å². The van der Waals surface area contributed by atoms with E-state index < -0.39 is 8.07 Å². The van der Waals surface area contributed by atoms with E-state index in [1.807, 2.05) is 0 Å². The molecule has 2 fully saturated rings. The predicted molar refractivity (Wildman–Crippen MR) is 112 cm³/mol. The molecular weight excluding hydrogens is 328 g/mol. The molecule has 0 heterocycles. The summed E-state index contributed by atoms with van der Waals surface area (Å²) in [7, 11) is -1.70. The van der Waals surface area contributed by atoms with Gasteiger partial charge in [-0.25, -0.2) is 0 Å². The molecule has 0 nitrogen and oxygen atoms in total. The van der Waals surface area contributed by atoms with Crippen molar-refractivity contribution >= 4 is 18.8 Å². The van der Waals surface area contributed by atoms with E-state index in [2.05, 4.69) is 73.8 Å². The van der Waals surface area contributed by atoms with Crippen molar-refractivity contribution in [1.82, 2.24) is 0 Å². The van der Waals surface area contributed by atoms with Gasteiger partial charge in [-0.1, -0.05) is 89.8 Å². The first-order chi connectivity index (χ1) is 12.6. The van der Waals surface area contributed by atoms with E-state index in [0.29, 0.717) is 5.92 Å². The molecule has 0 radical (unpaired) electrons. The number of allylic oxidation sites excluding steroid dienone is 8. The molecule has 130 valence electrons. The zero-order valence-electron chi connectivity index (χ0n) is 15.7. The van der Waals surface area contributed by atoms with Crippen molar-refractivity contribution in [2.24, 2.45) is 23.7 Å². The highest BCUT2D eigenvalue weighted by atomic mass is 28.3. The van der Waals surface area contributed by atoms with Crippen molar-refractivity contribution in [3.05, 3.63) is 81.9 Å². The molecule has 0 aromatic heterocycles. The molecule has 26 heavy (non-hydrogen) atoms. The van der Waals surface area contributed by atoms with Gasteiger partial charge in [0.25, 0.3) is 0 Å². The molecule has 1 heteroatoms. The van der Waals surface area contributed by atoms with Crippen LogP contribution < -0.4 is 10.4 Å². The highest BCUT2D eigenvalue weighted by Crippen LogP contribution is 2.56. The molecule has 1 aromatic carbocycles. The minimum atomic E-state index is -1.70. The summed E-state index contributed by atoms with van der Waals surface area (Å²) in [6, 6.07) is 9.13. The van der Waals surface area contributed by atoms with Crippen LogP contribution in [0.15, 0.2) is 71.5 Å². The second-order valence-corrected chi connectivity index (χ2v) is 13.7. The molecule has 0 amide bonds. The fourth-order valence-electron chi connectivity index (χ4n) is 6.51. The maximum Gasteiger partial charge on any atom is 0.109 e. The van der Waals surface area contributed by atoms with Crippen molar-refractivity contribution in [1.29, 1.82) is 0 Å². The second-order valence-electron chi connectivity index (χ2n) is 9.32. The van der Waals surface area contributed by atoms with Gasteiger partial charge in [0, 0.05) is 11.8 Å². The zero-order chi connectivity index (χ0) is 17.5. The lowest BCUT2D eigenvalue weighted by Gasteiger charge is -2.31. The monoisotopic (exact) mass is 354 g/mol. The molecule has 0 aliphatic heterocycles. The summed E-state index contributed by atoms with van der Waals surface area (Å²) in [5.41, 5.74) is 3.32. The first kappa shape index (κ1) is 15.2. The van der Waals surface area contributed by atoms with Crippen LogP contribution in [0.2, 0.25) is 13.1 Å². The second kappa shape index (κ2) is 5.10. The topological polar surface area (TPSA) is 0 Å². The van der Waals surface area contributed by atoms with Crippen LogP contribution in [0.5, 0.6) is 0 Å². The van der Waals surface area contributed by atoms with Gasteiger partial charge < -0.3 is 0 Å². The van der Waals surface area contributed by atoms with E-state index in [1.165, 1.54) is 35.3 Å². The third-order valence-corrected chi connectivity index (χ3v) is 11.5. The van der Waals surface area contributed by atoms with E-state index in [0.717, 1.165) is 17.8 Å². The van der Waals surface area contributed by atoms with Gasteiger partial charge in [-0.3, -0.25) is 0 Å². The molecule has 5 aliphatic carbocycles. The average Bonchev–Trinajstić information content (AvgIpc) is 3.40. The summed E-state index contributed by atoms with van der Waals surface area (Å²) in [6.45, 7) is 5.19. The number of benzene rings is 1. The highest BCUT2D eigenvalue weighted by Gasteiger charge is 2.47. The van der Waals surface area contributed by atoms with Crippen molar-refractivity contribution in [3.63, 3.8) is 0 Å². The normalized spacial score (nSPS) is 33.3. The number of fused-ring (bicyclic) bond motifs is 7. The van der Waals surface area contributed by atoms with Gasteiger partial charge >= 0.3 is 0 Å². The molecule has 2 bridgehead atoms. The minimum Gasteiger partial charge on any atom is -0.0774 e. The summed E-state index contributed by atoms with van der Waals surface area (Å²) in [5, 5.41) is 6.45. The lowest BCUT2D eigenvalue weighted by atomic mass is 9.87. The van der Waals surface area contributed by atoms with E-state index >= 15 is 0 Å². The molecule has 0 spiro atoms. The molecule has 6 rings (SSSR count). The quantitative estimate of drug-likeness (QED) is 0.689. The van der Waals surface area contributed by atoms with Gasteiger partial charge in [0.05, 0.1) is 0 Å². The fourth-order valence-corrected chi connectivity index (χ4v) is 9.87. The van der Waals surface area contributed by atoms with E-state index in [-0.39, 0.29) is 0 Å². The molecule has 0 N–H and O–H groups in total. The molecule has 5 aliphatic rings. The summed E-state index contributed by atoms with van der Waals surface area (Å²) in [5.74, 6) is 3.15. The van der Waals surface area contributed by atoms with Crippen LogP contribution in [-0.4, -0.2) is 8.07 Å². The molecule has 2 saturated carbocycles. The summed E-state index contributed by atoms with van der Waals surface area (Å²) in [6.07, 6.45) is 19.0. The van der Waals surface area contributed by atoms with E-state index in [1.54, 1.807) is 16.0 Å². The lowest BCUT2D eigenvalue weighted by Crippen LogP contribution is -2.38. The lowest BCUT2D eigenvalue weighted by molar-refractivity contribution is 0.476. The maximum absolute atomic E-state index is 2.71. The highest BCUT2D eigenvalue weighted by molar-refractivity contribution is 6.99. The Hall–Kier alpha value is -1.86. The molecule has 4 unspecified atom stereocenters. The Morgan fingerprint density at radius 3 is 2.69 bits per heavy atom. The van der Waals surface area contributed by atoms with Crippen LogP contribution in [-0.2, 0) is 0 Å². The first-order valence-corrected chi connectivity index (χ1v) is 13.3. The van der Waals surface area contributed by atoms with E-state index in [9.17, 15) is 0 Å². The van der Waals surface area contributed by atoms with Gasteiger partial charge in [-0.15, -0.1) is 0 Å². The molecule has 1 aromatic rings. The van der Waals surface area contributed by atoms with Gasteiger partial charge in [-0.05, 0) is 47.1 Å². The van der Waals surface area contributed by atoms with Gasteiger partial charge in [0.1, 0.15) is 8.07 Å². The third-order valence-electron chi connectivity index (χ3n) is 7.78. The maximum atomic E-state index is 2.71. The van der Waals surface area contributed by atoms with Gasteiger partial charge in [-0.2, -0.15) is 0 Å². The van der Waals surface area contributed by atoms with Gasteiger partial charge in [0.2, 0.25) is 0 Å². The Labute approximate surface area is 157 Å². The molecule has 0 saturated heterocycles. The van der Waals surface area contributed by atoms with Crippen LogP contribution in [0.1, 0.15) is 19.3 Å². The molecular formula is C25H26Si. The smallest absolute Gasteiger partial charge is 0.0774 e. The van der Waals surface area contributed by atoms with E-state index in [4.69, 9.17) is 0 Å². The third kappa shape index (κ3) is 1.85. The zero-order valence-corrected chi connectivity index (χ0v) is 16.7. The fraction of sp³-hybridized carbons (Fsp3) is 0.360. The summed E-state index contributed by atoms with van der Waals surface area (Å²) in [4.78, 5) is 0. The number of rotatable bonds is 2.